The fourth-order valence-electron chi connectivity index (χ4n) is 4.65. The monoisotopic (exact) mass is 445 g/mol. The van der Waals surface area contributed by atoms with Crippen molar-refractivity contribution >= 4 is 16.9 Å². The molecule has 0 N–H and O–H groups in total. The molecule has 1 aromatic carbocycles. The van der Waals surface area contributed by atoms with Crippen LogP contribution in [0, 0.1) is 6.92 Å². The zero-order valence-electron chi connectivity index (χ0n) is 19.0. The molecule has 3 aromatic heterocycles. The van der Waals surface area contributed by atoms with Gasteiger partial charge in [0.2, 0.25) is 5.89 Å². The van der Waals surface area contributed by atoms with Crippen LogP contribution in [0.25, 0.3) is 28.3 Å². The summed E-state index contributed by atoms with van der Waals surface area (Å²) in [5.41, 5.74) is 5.02. The smallest absolute Gasteiger partial charge is 0.251 e. The van der Waals surface area contributed by atoms with E-state index in [1.165, 1.54) is 5.56 Å². The number of aromatic nitrogens is 4. The molecule has 33 heavy (non-hydrogen) atoms. The first-order chi connectivity index (χ1) is 16.1. The van der Waals surface area contributed by atoms with Crippen molar-refractivity contribution in [3.63, 3.8) is 0 Å². The molecule has 0 atom stereocenters. The van der Waals surface area contributed by atoms with Crippen molar-refractivity contribution < 1.29 is 13.9 Å². The molecule has 8 nitrogen and oxygen atoms in total. The summed E-state index contributed by atoms with van der Waals surface area (Å²) in [4.78, 5) is 12.0. The molecular weight excluding hydrogens is 418 g/mol. The van der Waals surface area contributed by atoms with Gasteiger partial charge in [-0.05, 0) is 38.3 Å². The lowest BCUT2D eigenvalue weighted by Gasteiger charge is -2.37. The Bertz CT molecular complexity index is 1300. The number of nitrogens with zero attached hydrogens (tertiary/aromatic N) is 5. The molecule has 0 unspecified atom stereocenters. The minimum Gasteiger partial charge on any atom is -0.419 e. The predicted molar refractivity (Wildman–Crippen MR) is 125 cm³/mol. The van der Waals surface area contributed by atoms with Crippen molar-refractivity contribution in [3.8, 4) is 17.1 Å². The summed E-state index contributed by atoms with van der Waals surface area (Å²) < 4.78 is 19.4. The van der Waals surface area contributed by atoms with E-state index >= 15 is 0 Å². The molecule has 4 heterocycles. The molecule has 0 bridgehead atoms. The highest BCUT2D eigenvalue weighted by Crippen LogP contribution is 2.45. The number of anilines is 1. The van der Waals surface area contributed by atoms with Crippen molar-refractivity contribution in [2.24, 2.45) is 0 Å². The van der Waals surface area contributed by atoms with Crippen LogP contribution in [0.15, 0.2) is 47.0 Å². The van der Waals surface area contributed by atoms with Gasteiger partial charge < -0.3 is 18.8 Å². The second-order valence-corrected chi connectivity index (χ2v) is 8.84. The highest BCUT2D eigenvalue weighted by Gasteiger charge is 2.44. The summed E-state index contributed by atoms with van der Waals surface area (Å²) >= 11 is 0. The third kappa shape index (κ3) is 3.50. The molecule has 1 aliphatic heterocycles. The van der Waals surface area contributed by atoms with Gasteiger partial charge in [0.25, 0.3) is 5.71 Å². The topological polar surface area (TPSA) is 78.4 Å². The van der Waals surface area contributed by atoms with E-state index in [1.54, 1.807) is 11.8 Å². The molecule has 1 saturated heterocycles. The summed E-state index contributed by atoms with van der Waals surface area (Å²) in [6, 6.07) is 12.4. The molecule has 0 radical (unpaired) electrons. The number of hydrogen-bond donors (Lipinski definition) is 0. The number of benzene rings is 1. The van der Waals surface area contributed by atoms with Gasteiger partial charge in [0.15, 0.2) is 11.3 Å². The van der Waals surface area contributed by atoms with Crippen LogP contribution in [0.1, 0.15) is 30.7 Å². The van der Waals surface area contributed by atoms with Crippen LogP contribution in [0.3, 0.4) is 0 Å². The van der Waals surface area contributed by atoms with Crippen LogP contribution >= 0.6 is 0 Å². The highest BCUT2D eigenvalue weighted by molar-refractivity contribution is 5.86. The molecular formula is C25H27N5O3. The first kappa shape index (κ1) is 20.4. The number of hydrogen-bond acceptors (Lipinski definition) is 7. The van der Waals surface area contributed by atoms with Crippen LogP contribution in [0.5, 0.6) is 0 Å². The maximum Gasteiger partial charge on any atom is 0.251 e. The van der Waals surface area contributed by atoms with Gasteiger partial charge in [-0.2, -0.15) is 10.1 Å². The number of morpholine rings is 1. The molecule has 8 heteroatoms. The van der Waals surface area contributed by atoms with Crippen molar-refractivity contribution in [3.05, 3.63) is 54.0 Å². The van der Waals surface area contributed by atoms with Gasteiger partial charge in [0, 0.05) is 38.0 Å². The molecule has 4 aromatic rings. The van der Waals surface area contributed by atoms with Crippen LogP contribution in [-0.4, -0.2) is 53.2 Å². The largest absolute Gasteiger partial charge is 0.419 e. The molecule has 2 aliphatic rings. The Morgan fingerprint density at radius 2 is 1.91 bits per heavy atom. The first-order valence-electron chi connectivity index (χ1n) is 11.5. The second kappa shape index (κ2) is 7.97. The average Bonchev–Trinajstić information content (AvgIpc) is 3.46. The predicted octanol–water partition coefficient (Wildman–Crippen LogP) is 4.25. The number of aryl methyl sites for hydroxylation is 1. The number of oxazole rings is 1. The maximum absolute atomic E-state index is 6.22. The van der Waals surface area contributed by atoms with Gasteiger partial charge in [-0.15, -0.1) is 0 Å². The van der Waals surface area contributed by atoms with E-state index in [-0.39, 0.29) is 0 Å². The molecule has 2 fully saturated rings. The Morgan fingerprint density at radius 3 is 2.64 bits per heavy atom. The minimum absolute atomic E-state index is 0.437. The summed E-state index contributed by atoms with van der Waals surface area (Å²) in [5, 5.41) is 4.81. The van der Waals surface area contributed by atoms with E-state index in [1.807, 2.05) is 24.4 Å². The van der Waals surface area contributed by atoms with Gasteiger partial charge in [0.1, 0.15) is 5.60 Å². The number of pyridine rings is 1. The molecule has 6 rings (SSSR count). The Kier molecular flexibility index (Phi) is 4.92. The van der Waals surface area contributed by atoms with Crippen LogP contribution < -0.4 is 4.90 Å². The lowest BCUT2D eigenvalue weighted by Crippen LogP contribution is -2.37. The SMILES string of the molecule is COC1(c2nc3c(N4CCOCC4)cc(-n4ccc(-c5cccc(C)c5)n4)nc3o2)CCC1. The maximum atomic E-state index is 6.22. The van der Waals surface area contributed by atoms with Crippen LogP contribution in [-0.2, 0) is 15.1 Å². The third-order valence-corrected chi connectivity index (χ3v) is 6.76. The lowest BCUT2D eigenvalue weighted by molar-refractivity contribution is -0.0957. The highest BCUT2D eigenvalue weighted by atomic mass is 16.5. The molecule has 1 saturated carbocycles. The normalized spacial score (nSPS) is 17.9. The number of ether oxygens (including phenoxy) is 2. The zero-order chi connectivity index (χ0) is 22.4. The van der Waals surface area contributed by atoms with Gasteiger partial charge in [0.05, 0.1) is 24.6 Å². The van der Waals surface area contributed by atoms with Crippen LogP contribution in [0.4, 0.5) is 5.69 Å². The van der Waals surface area contributed by atoms with Gasteiger partial charge in [-0.3, -0.25) is 0 Å². The summed E-state index contributed by atoms with van der Waals surface area (Å²) in [5.74, 6) is 1.32. The number of rotatable bonds is 5. The van der Waals surface area contributed by atoms with Crippen molar-refractivity contribution in [1.29, 1.82) is 0 Å². The average molecular weight is 446 g/mol. The van der Waals surface area contributed by atoms with E-state index in [4.69, 9.17) is 29.0 Å². The Labute approximate surface area is 192 Å². The minimum atomic E-state index is -0.437. The zero-order valence-corrected chi connectivity index (χ0v) is 19.0. The molecule has 0 spiro atoms. The van der Waals surface area contributed by atoms with E-state index in [0.717, 1.165) is 54.8 Å². The van der Waals surface area contributed by atoms with E-state index < -0.39 is 5.60 Å². The second-order valence-electron chi connectivity index (χ2n) is 8.84. The standard InChI is InChI=1S/C25H27N5O3/c1-17-5-3-6-18(15-17)19-7-10-30(28-19)21-16-20(29-11-13-32-14-12-29)22-23(26-21)33-24(27-22)25(31-2)8-4-9-25/h3,5-7,10,15-16H,4,8-9,11-14H2,1-2H3. The Hall–Kier alpha value is -3.23. The fraction of sp³-hybridized carbons (Fsp3) is 0.400. The van der Waals surface area contributed by atoms with E-state index in [0.29, 0.717) is 30.6 Å². The quantitative estimate of drug-likeness (QED) is 0.454. The van der Waals surface area contributed by atoms with Crippen molar-refractivity contribution in [2.45, 2.75) is 31.8 Å². The molecule has 1 aliphatic carbocycles. The molecule has 0 amide bonds. The fourth-order valence-corrected chi connectivity index (χ4v) is 4.65. The summed E-state index contributed by atoms with van der Waals surface area (Å²) in [6.07, 6.45) is 4.87. The lowest BCUT2D eigenvalue weighted by atomic mass is 9.80. The van der Waals surface area contributed by atoms with Gasteiger partial charge in [-0.25, -0.2) is 9.67 Å². The Balaban J connectivity index is 1.46. The van der Waals surface area contributed by atoms with Crippen molar-refractivity contribution in [2.75, 3.05) is 38.3 Å². The van der Waals surface area contributed by atoms with Crippen molar-refractivity contribution in [1.82, 2.24) is 19.7 Å². The first-order valence-corrected chi connectivity index (χ1v) is 11.5. The number of methoxy groups -OCH3 is 1. The third-order valence-electron chi connectivity index (χ3n) is 6.76. The van der Waals surface area contributed by atoms with E-state index in [9.17, 15) is 0 Å². The van der Waals surface area contributed by atoms with Gasteiger partial charge >= 0.3 is 0 Å². The van der Waals surface area contributed by atoms with Gasteiger partial charge in [-0.1, -0.05) is 23.8 Å². The summed E-state index contributed by atoms with van der Waals surface area (Å²) in [6.45, 7) is 5.05. The summed E-state index contributed by atoms with van der Waals surface area (Å²) in [7, 11) is 1.73. The van der Waals surface area contributed by atoms with Crippen LogP contribution in [0.2, 0.25) is 0 Å². The van der Waals surface area contributed by atoms with E-state index in [2.05, 4.69) is 30.0 Å². The Morgan fingerprint density at radius 1 is 1.06 bits per heavy atom. The number of fused-ring (bicyclic) bond motifs is 1. The molecule has 170 valence electrons.